The molecule has 2 fully saturated rings. The molecule has 3 heterocycles. The third-order valence-electron chi connectivity index (χ3n) is 5.12. The maximum Gasteiger partial charge on any atom is 0.251 e. The molecule has 27 heavy (non-hydrogen) atoms. The van der Waals surface area contributed by atoms with Gasteiger partial charge in [-0.15, -0.1) is 23.1 Å². The van der Waals surface area contributed by atoms with Crippen molar-refractivity contribution in [1.29, 1.82) is 0 Å². The molecular formula is C19H20FN3O2S2. The number of thiazole rings is 1. The Morgan fingerprint density at radius 2 is 2.15 bits per heavy atom. The Balaban J connectivity index is 1.66. The number of carbonyl (C=O) groups excluding carboxylic acids is 2. The second-order valence-corrected chi connectivity index (χ2v) is 9.59. The first-order valence-corrected chi connectivity index (χ1v) is 10.7. The number of halogens is 1. The molecule has 1 aromatic carbocycles. The topological polar surface area (TPSA) is 53.5 Å². The zero-order chi connectivity index (χ0) is 19.2. The molecule has 2 aliphatic heterocycles. The van der Waals surface area contributed by atoms with Crippen molar-refractivity contribution in [3.8, 4) is 0 Å². The number of hydrogen-bond acceptors (Lipinski definition) is 5. The Labute approximate surface area is 165 Å². The number of aromatic nitrogens is 1. The lowest BCUT2D eigenvalue weighted by molar-refractivity contribution is -0.136. The summed E-state index contributed by atoms with van der Waals surface area (Å²) in [5.74, 6) is 0.118. The SMILES string of the molecule is Cc1nc(CN(C(=O)C2CSC3(C)CCC(=O)N23)c2ccc(F)cc2)cs1. The average Bonchev–Trinajstić information content (AvgIpc) is 3.29. The maximum atomic E-state index is 13.5. The molecule has 142 valence electrons. The van der Waals surface area contributed by atoms with Gasteiger partial charge in [0.2, 0.25) is 5.91 Å². The molecule has 8 heteroatoms. The fourth-order valence-electron chi connectivity index (χ4n) is 3.74. The molecule has 2 amide bonds. The molecule has 0 saturated carbocycles. The van der Waals surface area contributed by atoms with Crippen LogP contribution in [0.1, 0.15) is 30.5 Å². The van der Waals surface area contributed by atoms with Crippen molar-refractivity contribution in [2.45, 2.75) is 44.1 Å². The molecule has 2 saturated heterocycles. The van der Waals surface area contributed by atoms with Gasteiger partial charge in [-0.1, -0.05) is 0 Å². The number of thioether (sulfide) groups is 1. The van der Waals surface area contributed by atoms with Crippen LogP contribution in [0.3, 0.4) is 0 Å². The molecule has 0 N–H and O–H groups in total. The first-order valence-electron chi connectivity index (χ1n) is 8.81. The van der Waals surface area contributed by atoms with Crippen LogP contribution in [0.2, 0.25) is 0 Å². The minimum Gasteiger partial charge on any atom is -0.315 e. The molecule has 4 rings (SSSR count). The van der Waals surface area contributed by atoms with E-state index >= 15 is 0 Å². The van der Waals surface area contributed by atoms with Crippen LogP contribution in [-0.2, 0) is 16.1 Å². The lowest BCUT2D eigenvalue weighted by atomic mass is 10.1. The van der Waals surface area contributed by atoms with Gasteiger partial charge in [0.1, 0.15) is 11.9 Å². The second kappa shape index (κ2) is 6.91. The standard InChI is InChI=1S/C19H20FN3O2S2/c1-12-21-14(10-26-12)9-22(15-5-3-13(20)4-6-15)18(25)16-11-27-19(2)8-7-17(24)23(16)19/h3-6,10,16H,7-9,11H2,1-2H3. The van der Waals surface area contributed by atoms with Gasteiger partial charge in [0.25, 0.3) is 5.91 Å². The monoisotopic (exact) mass is 405 g/mol. The largest absolute Gasteiger partial charge is 0.315 e. The Bertz CT molecular complexity index is 885. The molecule has 5 nitrogen and oxygen atoms in total. The number of anilines is 1. The van der Waals surface area contributed by atoms with E-state index in [-0.39, 0.29) is 22.5 Å². The third-order valence-corrected chi connectivity index (χ3v) is 7.45. The van der Waals surface area contributed by atoms with Gasteiger partial charge < -0.3 is 9.80 Å². The van der Waals surface area contributed by atoms with Gasteiger partial charge >= 0.3 is 0 Å². The molecule has 0 spiro atoms. The first-order chi connectivity index (χ1) is 12.9. The molecule has 2 unspecified atom stereocenters. The van der Waals surface area contributed by atoms with Gasteiger partial charge in [0.15, 0.2) is 0 Å². The van der Waals surface area contributed by atoms with E-state index in [9.17, 15) is 14.0 Å². The molecule has 0 radical (unpaired) electrons. The summed E-state index contributed by atoms with van der Waals surface area (Å²) in [6.07, 6.45) is 1.25. The lowest BCUT2D eigenvalue weighted by Crippen LogP contribution is -2.51. The number of carbonyl (C=O) groups is 2. The number of amides is 2. The minimum absolute atomic E-state index is 0.0319. The van der Waals surface area contributed by atoms with Gasteiger partial charge in [0.05, 0.1) is 22.1 Å². The van der Waals surface area contributed by atoms with E-state index in [1.807, 2.05) is 19.2 Å². The predicted octanol–water partition coefficient (Wildman–Crippen LogP) is 3.58. The van der Waals surface area contributed by atoms with Crippen molar-refractivity contribution in [2.75, 3.05) is 10.7 Å². The molecule has 2 aromatic rings. The minimum atomic E-state index is -0.500. The van der Waals surface area contributed by atoms with Gasteiger partial charge in [-0.3, -0.25) is 9.59 Å². The van der Waals surface area contributed by atoms with Gasteiger partial charge in [-0.2, -0.15) is 0 Å². The highest BCUT2D eigenvalue weighted by Crippen LogP contribution is 2.47. The summed E-state index contributed by atoms with van der Waals surface area (Å²) in [5.41, 5.74) is 1.40. The summed E-state index contributed by atoms with van der Waals surface area (Å²) in [5, 5.41) is 2.85. The summed E-state index contributed by atoms with van der Waals surface area (Å²) in [4.78, 5) is 33.4. The third kappa shape index (κ3) is 3.36. The zero-order valence-electron chi connectivity index (χ0n) is 15.1. The van der Waals surface area contributed by atoms with Crippen molar-refractivity contribution < 1.29 is 14.0 Å². The summed E-state index contributed by atoms with van der Waals surface area (Å²) in [6.45, 7) is 4.25. The summed E-state index contributed by atoms with van der Waals surface area (Å²) in [7, 11) is 0. The van der Waals surface area contributed by atoms with Crippen molar-refractivity contribution in [3.05, 3.63) is 46.2 Å². The van der Waals surface area contributed by atoms with Crippen LogP contribution in [0.5, 0.6) is 0 Å². The van der Waals surface area contributed by atoms with Crippen LogP contribution < -0.4 is 4.90 Å². The maximum absolute atomic E-state index is 13.5. The second-order valence-electron chi connectivity index (χ2n) is 7.02. The number of aryl methyl sites for hydroxylation is 1. The van der Waals surface area contributed by atoms with Crippen LogP contribution >= 0.6 is 23.1 Å². The van der Waals surface area contributed by atoms with Crippen molar-refractivity contribution >= 4 is 40.6 Å². The fraction of sp³-hybridized carbons (Fsp3) is 0.421. The van der Waals surface area contributed by atoms with Crippen LogP contribution in [0, 0.1) is 12.7 Å². The lowest BCUT2D eigenvalue weighted by Gasteiger charge is -2.33. The Kier molecular flexibility index (Phi) is 4.71. The Hall–Kier alpha value is -1.93. The Morgan fingerprint density at radius 3 is 2.81 bits per heavy atom. The molecule has 1 aromatic heterocycles. The highest BCUT2D eigenvalue weighted by molar-refractivity contribution is 8.01. The van der Waals surface area contributed by atoms with E-state index in [0.29, 0.717) is 24.4 Å². The predicted molar refractivity (Wildman–Crippen MR) is 105 cm³/mol. The van der Waals surface area contributed by atoms with Crippen LogP contribution in [0.15, 0.2) is 29.6 Å². The van der Waals surface area contributed by atoms with Gasteiger partial charge in [-0.25, -0.2) is 9.37 Å². The number of fused-ring (bicyclic) bond motifs is 1. The molecule has 0 bridgehead atoms. The summed E-state index contributed by atoms with van der Waals surface area (Å²) < 4.78 is 13.4. The van der Waals surface area contributed by atoms with Gasteiger partial charge in [-0.05, 0) is 44.5 Å². The average molecular weight is 406 g/mol. The quantitative estimate of drug-likeness (QED) is 0.780. The fourth-order valence-corrected chi connectivity index (χ4v) is 5.77. The summed E-state index contributed by atoms with van der Waals surface area (Å²) in [6, 6.07) is 5.38. The van der Waals surface area contributed by atoms with E-state index < -0.39 is 6.04 Å². The zero-order valence-corrected chi connectivity index (χ0v) is 16.8. The van der Waals surface area contributed by atoms with E-state index in [1.54, 1.807) is 33.7 Å². The Morgan fingerprint density at radius 1 is 1.41 bits per heavy atom. The van der Waals surface area contributed by atoms with Crippen LogP contribution in [-0.4, -0.2) is 38.4 Å². The van der Waals surface area contributed by atoms with Gasteiger partial charge in [0, 0.05) is 23.2 Å². The highest BCUT2D eigenvalue weighted by atomic mass is 32.2. The highest BCUT2D eigenvalue weighted by Gasteiger charge is 2.53. The molecule has 0 aliphatic carbocycles. The summed E-state index contributed by atoms with van der Waals surface area (Å²) >= 11 is 3.19. The first kappa shape index (κ1) is 18.4. The van der Waals surface area contributed by atoms with Crippen LogP contribution in [0.4, 0.5) is 10.1 Å². The molecule has 2 aliphatic rings. The number of benzene rings is 1. The van der Waals surface area contributed by atoms with E-state index in [0.717, 1.165) is 17.1 Å². The van der Waals surface area contributed by atoms with Crippen LogP contribution in [0.25, 0.3) is 0 Å². The number of nitrogens with zero attached hydrogens (tertiary/aromatic N) is 3. The van der Waals surface area contributed by atoms with Crippen molar-refractivity contribution in [2.24, 2.45) is 0 Å². The molecular weight excluding hydrogens is 385 g/mol. The van der Waals surface area contributed by atoms with E-state index in [1.165, 1.54) is 23.5 Å². The van der Waals surface area contributed by atoms with E-state index in [4.69, 9.17) is 0 Å². The van der Waals surface area contributed by atoms with E-state index in [2.05, 4.69) is 4.98 Å². The number of rotatable bonds is 4. The normalized spacial score (nSPS) is 24.3. The number of hydrogen-bond donors (Lipinski definition) is 0. The van der Waals surface area contributed by atoms with Crippen molar-refractivity contribution in [1.82, 2.24) is 9.88 Å². The van der Waals surface area contributed by atoms with Crippen molar-refractivity contribution in [3.63, 3.8) is 0 Å². The molecule has 2 atom stereocenters. The smallest absolute Gasteiger partial charge is 0.251 e.